The Bertz CT molecular complexity index is 1000. The van der Waals surface area contributed by atoms with E-state index in [1.54, 1.807) is 0 Å². The molecule has 0 saturated heterocycles. The molecule has 0 spiro atoms. The summed E-state index contributed by atoms with van der Waals surface area (Å²) >= 11 is 0. The van der Waals surface area contributed by atoms with Gasteiger partial charge in [-0.05, 0) is 61.4 Å². The summed E-state index contributed by atoms with van der Waals surface area (Å²) in [5, 5.41) is 10.7. The van der Waals surface area contributed by atoms with Gasteiger partial charge in [0.05, 0.1) is 0 Å². The van der Waals surface area contributed by atoms with Gasteiger partial charge in [0.15, 0.2) is 0 Å². The fourth-order valence-corrected chi connectivity index (χ4v) is 3.92. The zero-order valence-corrected chi connectivity index (χ0v) is 14.3. The maximum Gasteiger partial charge on any atom is 0.255 e. The first kappa shape index (κ1) is 14.6. The predicted molar refractivity (Wildman–Crippen MR) is 93.9 cm³/mol. The lowest BCUT2D eigenvalue weighted by molar-refractivity contribution is 0.0697. The van der Waals surface area contributed by atoms with Gasteiger partial charge in [-0.2, -0.15) is 10.3 Å². The summed E-state index contributed by atoms with van der Waals surface area (Å²) < 4.78 is 0. The minimum Gasteiger partial charge on any atom is -0.331 e. The first-order valence-electron chi connectivity index (χ1n) is 8.73. The van der Waals surface area contributed by atoms with E-state index in [1.807, 2.05) is 24.1 Å². The van der Waals surface area contributed by atoms with Gasteiger partial charge in [0, 0.05) is 29.9 Å². The number of nitrogens with one attached hydrogen (secondary N) is 1. The number of aromatic nitrogens is 4. The number of carbonyl (C=O) groups is 1. The number of carbonyl (C=O) groups excluding carboxylic acids is 1. The Morgan fingerprint density at radius 3 is 2.84 bits per heavy atom. The molecule has 3 heterocycles. The quantitative estimate of drug-likeness (QED) is 0.799. The summed E-state index contributed by atoms with van der Waals surface area (Å²) in [5.41, 5.74) is 6.45. The lowest BCUT2D eigenvalue weighted by Crippen LogP contribution is -2.34. The molecule has 1 aliphatic heterocycles. The second-order valence-electron chi connectivity index (χ2n) is 7.23. The summed E-state index contributed by atoms with van der Waals surface area (Å²) in [7, 11) is 0. The fraction of sp³-hybridized carbons (Fsp3) is 0.368. The van der Waals surface area contributed by atoms with E-state index in [9.17, 15) is 4.79 Å². The number of H-pyrrole nitrogens is 1. The third kappa shape index (κ3) is 2.24. The molecule has 126 valence electrons. The van der Waals surface area contributed by atoms with Crippen molar-refractivity contribution in [3.05, 3.63) is 41.1 Å². The maximum absolute atomic E-state index is 12.9. The van der Waals surface area contributed by atoms with Gasteiger partial charge >= 0.3 is 0 Å². The minimum atomic E-state index is 0.184. The standard InChI is InChI=1S/C19H19N5O/c1-10-5-13(14-7-16-18(20-8-14)22-23-21-16)6-15-9-24(19(25)17(10)15)11(2)12-3-4-12/h5-8,11-12H,3-4,9H2,1-2H3,(H,20,21,22,23). The summed E-state index contributed by atoms with van der Waals surface area (Å²) in [4.78, 5) is 19.3. The molecule has 5 rings (SSSR count). The van der Waals surface area contributed by atoms with Crippen LogP contribution in [0.3, 0.4) is 0 Å². The number of rotatable bonds is 3. The third-order valence-corrected chi connectivity index (χ3v) is 5.54. The van der Waals surface area contributed by atoms with Gasteiger partial charge in [0.2, 0.25) is 5.65 Å². The molecule has 6 nitrogen and oxygen atoms in total. The lowest BCUT2D eigenvalue weighted by atomic mass is 9.97. The largest absolute Gasteiger partial charge is 0.331 e. The monoisotopic (exact) mass is 333 g/mol. The highest BCUT2D eigenvalue weighted by Gasteiger charge is 2.39. The molecule has 6 heteroatoms. The number of nitrogens with zero attached hydrogens (tertiary/aromatic N) is 4. The molecule has 1 fully saturated rings. The molecule has 1 N–H and O–H groups in total. The van der Waals surface area contributed by atoms with Crippen LogP contribution in [-0.2, 0) is 6.54 Å². The van der Waals surface area contributed by atoms with E-state index >= 15 is 0 Å². The molecule has 2 aliphatic rings. The smallest absolute Gasteiger partial charge is 0.255 e. The zero-order chi connectivity index (χ0) is 17.1. The molecule has 1 atom stereocenters. The number of aromatic amines is 1. The van der Waals surface area contributed by atoms with E-state index < -0.39 is 0 Å². The molecule has 1 aliphatic carbocycles. The average Bonchev–Trinajstić information content (AvgIpc) is 3.25. The Morgan fingerprint density at radius 2 is 2.04 bits per heavy atom. The van der Waals surface area contributed by atoms with Crippen molar-refractivity contribution in [3.63, 3.8) is 0 Å². The van der Waals surface area contributed by atoms with E-state index in [2.05, 4.69) is 39.5 Å². The Hall–Kier alpha value is -2.76. The Balaban J connectivity index is 1.55. The lowest BCUT2D eigenvalue weighted by Gasteiger charge is -2.24. The van der Waals surface area contributed by atoms with Crippen LogP contribution in [0.15, 0.2) is 24.4 Å². The summed E-state index contributed by atoms with van der Waals surface area (Å²) in [6, 6.07) is 6.51. The number of fused-ring (bicyclic) bond motifs is 2. The second-order valence-corrected chi connectivity index (χ2v) is 7.23. The normalized spacial score (nSPS) is 18.0. The second kappa shape index (κ2) is 5.12. The van der Waals surface area contributed by atoms with E-state index in [0.717, 1.165) is 33.3 Å². The van der Waals surface area contributed by atoms with Crippen molar-refractivity contribution >= 4 is 17.1 Å². The van der Waals surface area contributed by atoms with Crippen LogP contribution < -0.4 is 0 Å². The summed E-state index contributed by atoms with van der Waals surface area (Å²) in [5.74, 6) is 0.861. The van der Waals surface area contributed by atoms with Crippen molar-refractivity contribution in [1.82, 2.24) is 25.3 Å². The van der Waals surface area contributed by atoms with Gasteiger partial charge in [-0.1, -0.05) is 6.07 Å². The molecular formula is C19H19N5O. The van der Waals surface area contributed by atoms with Crippen LogP contribution in [0.25, 0.3) is 22.3 Å². The Labute approximate surface area is 145 Å². The molecular weight excluding hydrogens is 314 g/mol. The Kier molecular flexibility index (Phi) is 2.98. The first-order chi connectivity index (χ1) is 12.1. The van der Waals surface area contributed by atoms with Gasteiger partial charge in [-0.3, -0.25) is 4.79 Å². The van der Waals surface area contributed by atoms with Crippen molar-refractivity contribution in [3.8, 4) is 11.1 Å². The van der Waals surface area contributed by atoms with Crippen LogP contribution in [0.4, 0.5) is 0 Å². The number of amides is 1. The summed E-state index contributed by atoms with van der Waals surface area (Å²) in [6.45, 7) is 4.91. The minimum absolute atomic E-state index is 0.184. The number of hydrogen-bond acceptors (Lipinski definition) is 4. The average molecular weight is 333 g/mol. The number of pyridine rings is 1. The molecule has 25 heavy (non-hydrogen) atoms. The van der Waals surface area contributed by atoms with Crippen LogP contribution in [-0.4, -0.2) is 37.2 Å². The van der Waals surface area contributed by atoms with E-state index in [4.69, 9.17) is 0 Å². The van der Waals surface area contributed by atoms with Crippen LogP contribution in [0, 0.1) is 12.8 Å². The highest BCUT2D eigenvalue weighted by atomic mass is 16.2. The highest BCUT2D eigenvalue weighted by molar-refractivity contribution is 6.00. The van der Waals surface area contributed by atoms with Crippen molar-refractivity contribution in [2.45, 2.75) is 39.3 Å². The topological polar surface area (TPSA) is 74.8 Å². The van der Waals surface area contributed by atoms with Gasteiger partial charge in [-0.15, -0.1) is 5.10 Å². The van der Waals surface area contributed by atoms with Crippen molar-refractivity contribution in [2.24, 2.45) is 5.92 Å². The van der Waals surface area contributed by atoms with E-state index in [1.165, 1.54) is 12.8 Å². The zero-order valence-electron chi connectivity index (χ0n) is 14.3. The maximum atomic E-state index is 12.9. The van der Waals surface area contributed by atoms with Crippen LogP contribution in [0.1, 0.15) is 41.3 Å². The molecule has 1 unspecified atom stereocenters. The number of benzene rings is 1. The van der Waals surface area contributed by atoms with Crippen LogP contribution in [0.2, 0.25) is 0 Å². The molecule has 1 saturated carbocycles. The Morgan fingerprint density at radius 1 is 1.20 bits per heavy atom. The fourth-order valence-electron chi connectivity index (χ4n) is 3.92. The van der Waals surface area contributed by atoms with Crippen molar-refractivity contribution in [2.75, 3.05) is 0 Å². The number of aryl methyl sites for hydroxylation is 1. The van der Waals surface area contributed by atoms with Gasteiger partial charge in [0.25, 0.3) is 5.91 Å². The molecule has 3 aromatic rings. The molecule has 0 bridgehead atoms. The van der Waals surface area contributed by atoms with Gasteiger partial charge < -0.3 is 4.90 Å². The van der Waals surface area contributed by atoms with E-state index in [0.29, 0.717) is 24.2 Å². The van der Waals surface area contributed by atoms with Crippen molar-refractivity contribution < 1.29 is 4.79 Å². The molecule has 1 aromatic carbocycles. The number of hydrogen-bond donors (Lipinski definition) is 1. The van der Waals surface area contributed by atoms with E-state index in [-0.39, 0.29) is 5.91 Å². The summed E-state index contributed by atoms with van der Waals surface area (Å²) in [6.07, 6.45) is 4.30. The molecule has 2 aromatic heterocycles. The SMILES string of the molecule is Cc1cc(-c2cnc3n[nH]nc3c2)cc2c1C(=O)N(C(C)C1CC1)C2. The van der Waals surface area contributed by atoms with Crippen LogP contribution in [0.5, 0.6) is 0 Å². The van der Waals surface area contributed by atoms with Crippen molar-refractivity contribution in [1.29, 1.82) is 0 Å². The third-order valence-electron chi connectivity index (χ3n) is 5.54. The van der Waals surface area contributed by atoms with Gasteiger partial charge in [-0.25, -0.2) is 4.98 Å². The molecule has 1 amide bonds. The molecule has 0 radical (unpaired) electrons. The highest BCUT2D eigenvalue weighted by Crippen LogP contribution is 2.39. The van der Waals surface area contributed by atoms with Gasteiger partial charge in [0.1, 0.15) is 5.52 Å². The predicted octanol–water partition coefficient (Wildman–Crippen LogP) is 3.08. The van der Waals surface area contributed by atoms with Crippen LogP contribution >= 0.6 is 0 Å². The first-order valence-corrected chi connectivity index (χ1v) is 8.73.